The fraction of sp³-hybridized carbons (Fsp3) is 0.333. The quantitative estimate of drug-likeness (QED) is 0.247. The van der Waals surface area contributed by atoms with Crippen molar-refractivity contribution in [2.45, 2.75) is 63.7 Å². The average molecular weight is 590 g/mol. The summed E-state index contributed by atoms with van der Waals surface area (Å²) in [6.45, 7) is 2.80. The molecule has 0 aliphatic carbocycles. The second-order valence-corrected chi connectivity index (χ2v) is 10.8. The molecule has 0 bridgehead atoms. The van der Waals surface area contributed by atoms with E-state index in [9.17, 15) is 23.6 Å². The first kappa shape index (κ1) is 31.4. The molecule has 1 heterocycles. The van der Waals surface area contributed by atoms with Crippen LogP contribution in [0.25, 0.3) is 0 Å². The number of epoxide rings is 1. The summed E-state index contributed by atoms with van der Waals surface area (Å²) in [6.07, 6.45) is -0.489. The van der Waals surface area contributed by atoms with Gasteiger partial charge >= 0.3 is 6.09 Å². The Bertz CT molecular complexity index is 1400. The number of nitrogens with one attached hydrogen (secondary N) is 3. The highest BCUT2D eigenvalue weighted by atomic mass is 19.1. The molecule has 0 saturated carbocycles. The van der Waals surface area contributed by atoms with Crippen LogP contribution in [0.3, 0.4) is 0 Å². The predicted octanol–water partition coefficient (Wildman–Crippen LogP) is 3.58. The van der Waals surface area contributed by atoms with Crippen molar-refractivity contribution in [1.29, 1.82) is 0 Å². The summed E-state index contributed by atoms with van der Waals surface area (Å²) in [7, 11) is 0. The average Bonchev–Trinajstić information content (AvgIpc) is 3.78. The van der Waals surface area contributed by atoms with E-state index in [-0.39, 0.29) is 31.8 Å². The van der Waals surface area contributed by atoms with Crippen LogP contribution < -0.4 is 16.0 Å². The summed E-state index contributed by atoms with van der Waals surface area (Å²) >= 11 is 0. The zero-order valence-electron chi connectivity index (χ0n) is 24.2. The van der Waals surface area contributed by atoms with Crippen molar-refractivity contribution in [2.75, 3.05) is 6.61 Å². The lowest BCUT2D eigenvalue weighted by atomic mass is 9.94. The van der Waals surface area contributed by atoms with E-state index in [0.717, 1.165) is 11.1 Å². The molecule has 1 fully saturated rings. The van der Waals surface area contributed by atoms with Gasteiger partial charge in [0.1, 0.15) is 31.0 Å². The van der Waals surface area contributed by atoms with Crippen LogP contribution in [-0.2, 0) is 50.0 Å². The number of benzene rings is 3. The summed E-state index contributed by atoms with van der Waals surface area (Å²) in [5.41, 5.74) is 1.80. The molecule has 0 aromatic heterocycles. The van der Waals surface area contributed by atoms with Gasteiger partial charge in [-0.1, -0.05) is 84.9 Å². The number of ketones is 1. The number of ether oxygens (including phenoxy) is 2. The number of amides is 3. The molecule has 4 rings (SSSR count). The second kappa shape index (κ2) is 14.6. The molecule has 1 aliphatic heterocycles. The van der Waals surface area contributed by atoms with E-state index in [2.05, 4.69) is 16.0 Å². The van der Waals surface area contributed by atoms with Gasteiger partial charge in [0.05, 0.1) is 12.6 Å². The minimum atomic E-state index is -1.10. The van der Waals surface area contributed by atoms with Gasteiger partial charge in [0.15, 0.2) is 5.78 Å². The summed E-state index contributed by atoms with van der Waals surface area (Å²) in [5, 5.41) is 8.00. The SMILES string of the molecule is C[C@@H](NC(=O)OCc1ccccc1)C(=O)N[C@@H](Cc1ccc(CF)cc1)C(=O)N[C@@H](Cc1ccccc1)C(=O)[C@@]1(C)CO1. The zero-order valence-corrected chi connectivity index (χ0v) is 24.2. The first-order valence-electron chi connectivity index (χ1n) is 14.1. The van der Waals surface area contributed by atoms with E-state index in [0.29, 0.717) is 11.1 Å². The Balaban J connectivity index is 1.45. The summed E-state index contributed by atoms with van der Waals surface area (Å²) < 4.78 is 23.6. The minimum absolute atomic E-state index is 0.0282. The zero-order chi connectivity index (χ0) is 30.8. The molecule has 3 aromatic carbocycles. The number of carbonyl (C=O) groups excluding carboxylic acids is 4. The molecule has 9 nitrogen and oxygen atoms in total. The van der Waals surface area contributed by atoms with Gasteiger partial charge in [-0.3, -0.25) is 14.4 Å². The van der Waals surface area contributed by atoms with Crippen molar-refractivity contribution >= 4 is 23.7 Å². The number of carbonyl (C=O) groups is 4. The first-order valence-corrected chi connectivity index (χ1v) is 14.1. The van der Waals surface area contributed by atoms with Crippen LogP contribution in [-0.4, -0.2) is 54.0 Å². The van der Waals surface area contributed by atoms with E-state index in [1.54, 1.807) is 43.3 Å². The Morgan fingerprint density at radius 2 is 1.28 bits per heavy atom. The predicted molar refractivity (Wildman–Crippen MR) is 158 cm³/mol. The van der Waals surface area contributed by atoms with Crippen molar-refractivity contribution in [3.8, 4) is 0 Å². The molecule has 0 radical (unpaired) electrons. The number of halogens is 1. The van der Waals surface area contributed by atoms with Crippen LogP contribution in [0.5, 0.6) is 0 Å². The van der Waals surface area contributed by atoms with Gasteiger partial charge in [-0.25, -0.2) is 9.18 Å². The number of alkyl halides is 1. The van der Waals surface area contributed by atoms with Gasteiger partial charge in [0.2, 0.25) is 11.8 Å². The van der Waals surface area contributed by atoms with E-state index in [1.807, 2.05) is 48.5 Å². The maximum Gasteiger partial charge on any atom is 0.408 e. The normalized spacial score (nSPS) is 17.6. The van der Waals surface area contributed by atoms with Crippen molar-refractivity contribution < 1.29 is 33.0 Å². The molecule has 43 heavy (non-hydrogen) atoms. The van der Waals surface area contributed by atoms with E-state index in [1.165, 1.54) is 6.92 Å². The lowest BCUT2D eigenvalue weighted by Crippen LogP contribution is -2.57. The Labute approximate surface area is 250 Å². The minimum Gasteiger partial charge on any atom is -0.445 e. The second-order valence-electron chi connectivity index (χ2n) is 10.8. The largest absolute Gasteiger partial charge is 0.445 e. The van der Waals surface area contributed by atoms with Gasteiger partial charge in [0, 0.05) is 6.42 Å². The van der Waals surface area contributed by atoms with Gasteiger partial charge in [-0.15, -0.1) is 0 Å². The Kier molecular flexibility index (Phi) is 10.6. The molecule has 3 amide bonds. The number of Topliss-reactive ketones (excluding diaryl/α,β-unsaturated/α-hetero) is 1. The molecule has 0 unspecified atom stereocenters. The van der Waals surface area contributed by atoms with Gasteiger partial charge in [-0.2, -0.15) is 0 Å². The third-order valence-electron chi connectivity index (χ3n) is 7.20. The lowest BCUT2D eigenvalue weighted by Gasteiger charge is -2.25. The van der Waals surface area contributed by atoms with Crippen LogP contribution >= 0.6 is 0 Å². The Morgan fingerprint density at radius 1 is 0.767 bits per heavy atom. The maximum absolute atomic E-state index is 13.7. The van der Waals surface area contributed by atoms with Crippen LogP contribution in [0.4, 0.5) is 9.18 Å². The Morgan fingerprint density at radius 3 is 1.86 bits per heavy atom. The van der Waals surface area contributed by atoms with Gasteiger partial charge in [-0.05, 0) is 42.5 Å². The molecule has 10 heteroatoms. The van der Waals surface area contributed by atoms with Crippen LogP contribution in [0.2, 0.25) is 0 Å². The molecule has 1 aliphatic rings. The monoisotopic (exact) mass is 589 g/mol. The fourth-order valence-electron chi connectivity index (χ4n) is 4.46. The van der Waals surface area contributed by atoms with Crippen molar-refractivity contribution in [3.05, 3.63) is 107 Å². The third kappa shape index (κ3) is 9.21. The molecule has 3 aromatic rings. The highest BCUT2D eigenvalue weighted by Crippen LogP contribution is 2.29. The number of hydrogen-bond acceptors (Lipinski definition) is 6. The molecule has 1 saturated heterocycles. The lowest BCUT2D eigenvalue weighted by molar-refractivity contribution is -0.133. The topological polar surface area (TPSA) is 126 Å². The third-order valence-corrected chi connectivity index (χ3v) is 7.20. The smallest absolute Gasteiger partial charge is 0.408 e. The highest BCUT2D eigenvalue weighted by molar-refractivity contribution is 5.98. The molecule has 4 atom stereocenters. The summed E-state index contributed by atoms with van der Waals surface area (Å²) in [5.74, 6) is -1.47. The Hall–Kier alpha value is -4.57. The van der Waals surface area contributed by atoms with E-state index in [4.69, 9.17) is 9.47 Å². The molecule has 0 spiro atoms. The molecular weight excluding hydrogens is 553 g/mol. The number of alkyl carbamates (subject to hydrolysis) is 1. The summed E-state index contributed by atoms with van der Waals surface area (Å²) in [4.78, 5) is 52.4. The van der Waals surface area contributed by atoms with Gasteiger partial charge < -0.3 is 25.4 Å². The van der Waals surface area contributed by atoms with Crippen molar-refractivity contribution in [1.82, 2.24) is 16.0 Å². The van der Waals surface area contributed by atoms with Crippen LogP contribution in [0.1, 0.15) is 36.1 Å². The molecule has 226 valence electrons. The van der Waals surface area contributed by atoms with Crippen molar-refractivity contribution in [3.63, 3.8) is 0 Å². The first-order chi connectivity index (χ1) is 20.7. The fourth-order valence-corrected chi connectivity index (χ4v) is 4.46. The number of rotatable bonds is 14. The number of hydrogen-bond donors (Lipinski definition) is 3. The maximum atomic E-state index is 13.7. The summed E-state index contributed by atoms with van der Waals surface area (Å²) in [6, 6.07) is 21.9. The molecular formula is C33H36FN3O6. The van der Waals surface area contributed by atoms with E-state index >= 15 is 0 Å². The van der Waals surface area contributed by atoms with Crippen LogP contribution in [0.15, 0.2) is 84.9 Å². The van der Waals surface area contributed by atoms with E-state index < -0.39 is 48.3 Å². The van der Waals surface area contributed by atoms with Gasteiger partial charge in [0.25, 0.3) is 0 Å². The molecule has 3 N–H and O–H groups in total. The highest BCUT2D eigenvalue weighted by Gasteiger charge is 2.50. The van der Waals surface area contributed by atoms with Crippen LogP contribution in [0, 0.1) is 0 Å². The van der Waals surface area contributed by atoms with Crippen molar-refractivity contribution in [2.24, 2.45) is 0 Å². The standard InChI is InChI=1S/C33H36FN3O6/c1-22(35-32(41)42-20-26-11-7-4-8-12-26)30(39)37-28(18-24-13-15-25(19-34)16-14-24)31(40)36-27(29(38)33(2)21-43-33)17-23-9-5-3-6-10-23/h3-16,22,27-28H,17-21H2,1-2H3,(H,35,41)(H,36,40)(H,37,39)/t22-,27+,28+,33-/m1/s1.